The Balaban J connectivity index is 2.34. The summed E-state index contributed by atoms with van der Waals surface area (Å²) in [7, 11) is 1.73. The van der Waals surface area contributed by atoms with Crippen molar-refractivity contribution in [3.8, 4) is 5.75 Å². The molecule has 0 saturated carbocycles. The SMILES string of the molecule is COc1ccccc1C(C)NCCCCC(C)C. The molecule has 0 spiro atoms. The standard InChI is InChI=1S/C16H27NO/c1-13(2)9-7-8-12-17-14(3)15-10-5-6-11-16(15)18-4/h5-6,10-11,13-14,17H,7-9,12H2,1-4H3. The third-order valence-corrected chi connectivity index (χ3v) is 3.26. The molecule has 2 heteroatoms. The van der Waals surface area contributed by atoms with Crippen molar-refractivity contribution in [2.45, 2.75) is 46.1 Å². The summed E-state index contributed by atoms with van der Waals surface area (Å²) in [4.78, 5) is 0. The number of hydrogen-bond acceptors (Lipinski definition) is 2. The Morgan fingerprint density at radius 2 is 1.83 bits per heavy atom. The van der Waals surface area contributed by atoms with E-state index in [4.69, 9.17) is 4.74 Å². The summed E-state index contributed by atoms with van der Waals surface area (Å²) in [6, 6.07) is 8.57. The maximum Gasteiger partial charge on any atom is 0.123 e. The van der Waals surface area contributed by atoms with Gasteiger partial charge in [0.25, 0.3) is 0 Å². The van der Waals surface area contributed by atoms with Crippen molar-refractivity contribution < 1.29 is 4.74 Å². The van der Waals surface area contributed by atoms with E-state index in [-0.39, 0.29) is 0 Å². The van der Waals surface area contributed by atoms with Crippen LogP contribution in [0.5, 0.6) is 5.75 Å². The van der Waals surface area contributed by atoms with Gasteiger partial charge < -0.3 is 10.1 Å². The Morgan fingerprint density at radius 3 is 2.50 bits per heavy atom. The number of benzene rings is 1. The number of unbranched alkanes of at least 4 members (excludes halogenated alkanes) is 1. The smallest absolute Gasteiger partial charge is 0.123 e. The highest BCUT2D eigenvalue weighted by molar-refractivity contribution is 5.35. The lowest BCUT2D eigenvalue weighted by Crippen LogP contribution is -2.20. The Kier molecular flexibility index (Phi) is 6.81. The first-order valence-electron chi connectivity index (χ1n) is 7.01. The molecule has 0 radical (unpaired) electrons. The van der Waals surface area contributed by atoms with Gasteiger partial charge in [-0.15, -0.1) is 0 Å². The van der Waals surface area contributed by atoms with Crippen LogP contribution in [0.4, 0.5) is 0 Å². The minimum Gasteiger partial charge on any atom is -0.496 e. The van der Waals surface area contributed by atoms with Gasteiger partial charge in [-0.1, -0.05) is 44.9 Å². The lowest BCUT2D eigenvalue weighted by atomic mass is 10.1. The Hall–Kier alpha value is -1.02. The van der Waals surface area contributed by atoms with Crippen LogP contribution in [0.1, 0.15) is 51.6 Å². The predicted octanol–water partition coefficient (Wildman–Crippen LogP) is 4.17. The molecule has 0 aromatic heterocycles. The van der Waals surface area contributed by atoms with Gasteiger partial charge in [-0.2, -0.15) is 0 Å². The first kappa shape index (κ1) is 15.0. The van der Waals surface area contributed by atoms with Crippen LogP contribution in [0.15, 0.2) is 24.3 Å². The highest BCUT2D eigenvalue weighted by atomic mass is 16.5. The predicted molar refractivity (Wildman–Crippen MR) is 78.1 cm³/mol. The van der Waals surface area contributed by atoms with Crippen molar-refractivity contribution in [2.75, 3.05) is 13.7 Å². The van der Waals surface area contributed by atoms with Crippen LogP contribution < -0.4 is 10.1 Å². The summed E-state index contributed by atoms with van der Waals surface area (Å²) >= 11 is 0. The molecule has 0 bridgehead atoms. The molecule has 102 valence electrons. The lowest BCUT2D eigenvalue weighted by Gasteiger charge is -2.17. The molecule has 18 heavy (non-hydrogen) atoms. The lowest BCUT2D eigenvalue weighted by molar-refractivity contribution is 0.400. The van der Waals surface area contributed by atoms with Crippen molar-refractivity contribution in [1.29, 1.82) is 0 Å². The summed E-state index contributed by atoms with van der Waals surface area (Å²) in [5.41, 5.74) is 1.24. The van der Waals surface area contributed by atoms with E-state index in [0.29, 0.717) is 6.04 Å². The number of hydrogen-bond donors (Lipinski definition) is 1. The van der Waals surface area contributed by atoms with Crippen LogP contribution in [-0.4, -0.2) is 13.7 Å². The molecular weight excluding hydrogens is 222 g/mol. The summed E-state index contributed by atoms with van der Waals surface area (Å²) < 4.78 is 5.39. The van der Waals surface area contributed by atoms with E-state index in [0.717, 1.165) is 18.2 Å². The molecule has 1 atom stereocenters. The van der Waals surface area contributed by atoms with E-state index < -0.39 is 0 Å². The van der Waals surface area contributed by atoms with Gasteiger partial charge in [0.15, 0.2) is 0 Å². The third kappa shape index (κ3) is 5.09. The maximum absolute atomic E-state index is 5.39. The van der Waals surface area contributed by atoms with Crippen molar-refractivity contribution in [3.05, 3.63) is 29.8 Å². The zero-order valence-electron chi connectivity index (χ0n) is 12.2. The fourth-order valence-corrected chi connectivity index (χ4v) is 2.13. The highest BCUT2D eigenvalue weighted by Gasteiger charge is 2.09. The van der Waals surface area contributed by atoms with Gasteiger partial charge in [0.1, 0.15) is 5.75 Å². The minimum atomic E-state index is 0.347. The van der Waals surface area contributed by atoms with E-state index in [2.05, 4.69) is 38.2 Å². The van der Waals surface area contributed by atoms with Crippen molar-refractivity contribution in [3.63, 3.8) is 0 Å². The van der Waals surface area contributed by atoms with E-state index in [1.165, 1.54) is 24.8 Å². The minimum absolute atomic E-state index is 0.347. The van der Waals surface area contributed by atoms with Crippen molar-refractivity contribution >= 4 is 0 Å². The normalized spacial score (nSPS) is 12.7. The van der Waals surface area contributed by atoms with Gasteiger partial charge in [0.2, 0.25) is 0 Å². The summed E-state index contributed by atoms with van der Waals surface area (Å²) in [6.45, 7) is 7.84. The molecule has 1 N–H and O–H groups in total. The first-order chi connectivity index (χ1) is 8.65. The second-order valence-electron chi connectivity index (χ2n) is 5.31. The van der Waals surface area contributed by atoms with Gasteiger partial charge in [-0.25, -0.2) is 0 Å². The molecule has 0 heterocycles. The molecule has 1 aromatic carbocycles. The molecule has 0 fully saturated rings. The average Bonchev–Trinajstić information content (AvgIpc) is 2.37. The van der Waals surface area contributed by atoms with E-state index >= 15 is 0 Å². The van der Waals surface area contributed by atoms with Gasteiger partial charge in [0, 0.05) is 11.6 Å². The molecule has 0 aliphatic carbocycles. The van der Waals surface area contributed by atoms with Gasteiger partial charge in [-0.3, -0.25) is 0 Å². The van der Waals surface area contributed by atoms with Gasteiger partial charge >= 0.3 is 0 Å². The largest absolute Gasteiger partial charge is 0.496 e. The Bertz CT molecular complexity index is 336. The third-order valence-electron chi connectivity index (χ3n) is 3.26. The van der Waals surface area contributed by atoms with E-state index in [1.807, 2.05) is 12.1 Å². The maximum atomic E-state index is 5.39. The first-order valence-corrected chi connectivity index (χ1v) is 7.01. The number of para-hydroxylation sites is 1. The topological polar surface area (TPSA) is 21.3 Å². The molecule has 0 amide bonds. The zero-order valence-corrected chi connectivity index (χ0v) is 12.2. The highest BCUT2D eigenvalue weighted by Crippen LogP contribution is 2.24. The van der Waals surface area contributed by atoms with Crippen LogP contribution in [-0.2, 0) is 0 Å². The molecule has 2 nitrogen and oxygen atoms in total. The summed E-state index contributed by atoms with van der Waals surface area (Å²) in [5.74, 6) is 1.79. The van der Waals surface area contributed by atoms with Crippen LogP contribution in [0.3, 0.4) is 0 Å². The van der Waals surface area contributed by atoms with Crippen LogP contribution in [0, 0.1) is 5.92 Å². The summed E-state index contributed by atoms with van der Waals surface area (Å²) in [5, 5.41) is 3.57. The van der Waals surface area contributed by atoms with Crippen LogP contribution in [0.25, 0.3) is 0 Å². The van der Waals surface area contributed by atoms with E-state index in [1.54, 1.807) is 7.11 Å². The summed E-state index contributed by atoms with van der Waals surface area (Å²) in [6.07, 6.45) is 3.88. The number of nitrogens with one attached hydrogen (secondary N) is 1. The fraction of sp³-hybridized carbons (Fsp3) is 0.625. The molecule has 0 aliphatic rings. The molecule has 1 unspecified atom stereocenters. The molecule has 1 rings (SSSR count). The molecule has 1 aromatic rings. The van der Waals surface area contributed by atoms with Crippen LogP contribution >= 0.6 is 0 Å². The monoisotopic (exact) mass is 249 g/mol. The zero-order chi connectivity index (χ0) is 13.4. The average molecular weight is 249 g/mol. The Labute approximate surface area is 112 Å². The second-order valence-corrected chi connectivity index (χ2v) is 5.31. The van der Waals surface area contributed by atoms with Gasteiger partial charge in [0.05, 0.1) is 7.11 Å². The van der Waals surface area contributed by atoms with Crippen LogP contribution in [0.2, 0.25) is 0 Å². The molecular formula is C16H27NO. The number of rotatable bonds is 8. The number of ether oxygens (including phenoxy) is 1. The Morgan fingerprint density at radius 1 is 1.11 bits per heavy atom. The number of methoxy groups -OCH3 is 1. The quantitative estimate of drug-likeness (QED) is 0.698. The van der Waals surface area contributed by atoms with Crippen molar-refractivity contribution in [1.82, 2.24) is 5.32 Å². The van der Waals surface area contributed by atoms with Gasteiger partial charge in [-0.05, 0) is 31.9 Å². The second kappa shape index (κ2) is 8.15. The molecule has 0 saturated heterocycles. The van der Waals surface area contributed by atoms with E-state index in [9.17, 15) is 0 Å². The van der Waals surface area contributed by atoms with Crippen molar-refractivity contribution in [2.24, 2.45) is 5.92 Å². The fourth-order valence-electron chi connectivity index (χ4n) is 2.13. The molecule has 0 aliphatic heterocycles.